The fourth-order valence-corrected chi connectivity index (χ4v) is 3.62. The van der Waals surface area contributed by atoms with Gasteiger partial charge in [0.2, 0.25) is 0 Å². The molecule has 3 rings (SSSR count). The van der Waals surface area contributed by atoms with E-state index in [2.05, 4.69) is 37.8 Å². The van der Waals surface area contributed by atoms with Gasteiger partial charge in [-0.2, -0.15) is 0 Å². The van der Waals surface area contributed by atoms with Crippen LogP contribution in [0.3, 0.4) is 0 Å². The van der Waals surface area contributed by atoms with Crippen molar-refractivity contribution >= 4 is 0 Å². The number of hydrogen-bond donors (Lipinski definition) is 0. The largest absolute Gasteiger partial charge is 0.207 e. The zero-order valence-electron chi connectivity index (χ0n) is 13.9. The third kappa shape index (κ3) is 3.55. The summed E-state index contributed by atoms with van der Waals surface area (Å²) < 4.78 is 14.5. The predicted molar refractivity (Wildman–Crippen MR) is 95.5 cm³/mol. The predicted octanol–water partition coefficient (Wildman–Crippen LogP) is 5.78. The van der Waals surface area contributed by atoms with Gasteiger partial charge in [0.25, 0.3) is 0 Å². The number of benzene rings is 2. The molecular weight excluding hydrogens is 283 g/mol. The van der Waals surface area contributed by atoms with E-state index < -0.39 is 0 Å². The molecule has 1 aliphatic rings. The topological polar surface area (TPSA) is 0 Å². The average molecular weight is 308 g/mol. The third-order valence-corrected chi connectivity index (χ3v) is 5.05. The summed E-state index contributed by atoms with van der Waals surface area (Å²) in [6, 6.07) is 12.6. The van der Waals surface area contributed by atoms with E-state index >= 15 is 0 Å². The van der Waals surface area contributed by atoms with Crippen LogP contribution in [0.1, 0.15) is 53.5 Å². The van der Waals surface area contributed by atoms with Crippen LogP contribution in [0.2, 0.25) is 0 Å². The van der Waals surface area contributed by atoms with E-state index in [1.54, 1.807) is 6.07 Å². The van der Waals surface area contributed by atoms with Gasteiger partial charge >= 0.3 is 0 Å². The van der Waals surface area contributed by atoms with Crippen molar-refractivity contribution in [1.82, 2.24) is 0 Å². The van der Waals surface area contributed by atoms with Gasteiger partial charge in [-0.05, 0) is 78.3 Å². The molecular formula is C22H25F. The number of halogens is 1. The van der Waals surface area contributed by atoms with Gasteiger partial charge in [-0.25, -0.2) is 4.39 Å². The summed E-state index contributed by atoms with van der Waals surface area (Å²) in [5, 5.41) is 0. The highest BCUT2D eigenvalue weighted by Crippen LogP contribution is 2.34. The molecule has 120 valence electrons. The fraction of sp³-hybridized carbons (Fsp3) is 0.364. The smallest absolute Gasteiger partial charge is 0.126 e. The Morgan fingerprint density at radius 1 is 1.13 bits per heavy atom. The molecule has 2 aromatic carbocycles. The summed E-state index contributed by atoms with van der Waals surface area (Å²) in [6.07, 6.45) is 7.80. The maximum Gasteiger partial charge on any atom is 0.126 e. The van der Waals surface area contributed by atoms with Crippen LogP contribution in [-0.4, -0.2) is 0 Å². The van der Waals surface area contributed by atoms with Crippen molar-refractivity contribution in [2.45, 2.75) is 51.4 Å². The van der Waals surface area contributed by atoms with Gasteiger partial charge in [0.15, 0.2) is 0 Å². The minimum Gasteiger partial charge on any atom is -0.207 e. The van der Waals surface area contributed by atoms with Crippen LogP contribution < -0.4 is 0 Å². The Morgan fingerprint density at radius 3 is 2.70 bits per heavy atom. The molecule has 1 unspecified atom stereocenters. The molecule has 0 spiro atoms. The van der Waals surface area contributed by atoms with Gasteiger partial charge in [-0.1, -0.05) is 43.3 Å². The first kappa shape index (κ1) is 16.0. The molecule has 0 amide bonds. The lowest BCUT2D eigenvalue weighted by molar-refractivity contribution is 0.532. The van der Waals surface area contributed by atoms with E-state index in [0.717, 1.165) is 49.7 Å². The molecule has 0 saturated carbocycles. The minimum atomic E-state index is -0.0369. The van der Waals surface area contributed by atoms with Crippen molar-refractivity contribution in [2.24, 2.45) is 0 Å². The Balaban J connectivity index is 1.79. The molecule has 2 aromatic rings. The number of allylic oxidation sites excluding steroid dienone is 1. The van der Waals surface area contributed by atoms with Crippen molar-refractivity contribution in [1.29, 1.82) is 0 Å². The van der Waals surface area contributed by atoms with Gasteiger partial charge in [0, 0.05) is 0 Å². The molecule has 0 N–H and O–H groups in total. The second kappa shape index (κ2) is 7.12. The summed E-state index contributed by atoms with van der Waals surface area (Å²) >= 11 is 0. The minimum absolute atomic E-state index is 0.0369. The molecule has 0 fully saturated rings. The Kier molecular flexibility index (Phi) is 4.95. The monoisotopic (exact) mass is 308 g/mol. The molecule has 0 bridgehead atoms. The lowest BCUT2D eigenvalue weighted by atomic mass is 9.79. The molecule has 0 saturated heterocycles. The van der Waals surface area contributed by atoms with E-state index in [4.69, 9.17) is 0 Å². The summed E-state index contributed by atoms with van der Waals surface area (Å²) in [5.41, 5.74) is 6.21. The summed E-state index contributed by atoms with van der Waals surface area (Å²) in [7, 11) is 0. The molecule has 0 aliphatic heterocycles. The molecule has 1 heteroatoms. The number of rotatable bonds is 5. The van der Waals surface area contributed by atoms with Gasteiger partial charge in [0.05, 0.1) is 0 Å². The number of aryl methyl sites for hydroxylation is 3. The van der Waals surface area contributed by atoms with Crippen molar-refractivity contribution < 1.29 is 4.39 Å². The lowest BCUT2D eigenvalue weighted by Crippen LogP contribution is -2.14. The standard InChI is InChI=1S/C22H25F/c1-3-5-6-17-8-12-21(22(23)14-17)20-11-10-18-13-16(4-2)7-9-19(18)15-20/h3,7-9,12-14,20H,1,4-6,10-11,15H2,2H3. The molecule has 1 aliphatic carbocycles. The van der Waals surface area contributed by atoms with Crippen molar-refractivity contribution in [3.05, 3.63) is 82.7 Å². The average Bonchev–Trinajstić information content (AvgIpc) is 2.59. The highest BCUT2D eigenvalue weighted by Gasteiger charge is 2.22. The van der Waals surface area contributed by atoms with E-state index in [-0.39, 0.29) is 5.82 Å². The van der Waals surface area contributed by atoms with Crippen LogP contribution in [0.4, 0.5) is 4.39 Å². The second-order valence-corrected chi connectivity index (χ2v) is 6.58. The molecule has 1 atom stereocenters. The molecule has 0 heterocycles. The molecule has 0 radical (unpaired) electrons. The van der Waals surface area contributed by atoms with Gasteiger partial charge in [0.1, 0.15) is 5.82 Å². The lowest BCUT2D eigenvalue weighted by Gasteiger charge is -2.26. The molecule has 0 nitrogen and oxygen atoms in total. The summed E-state index contributed by atoms with van der Waals surface area (Å²) in [5.74, 6) is 0.272. The van der Waals surface area contributed by atoms with Gasteiger partial charge in [-0.3, -0.25) is 0 Å². The Morgan fingerprint density at radius 2 is 1.96 bits per heavy atom. The van der Waals surface area contributed by atoms with Crippen LogP contribution in [-0.2, 0) is 25.7 Å². The van der Waals surface area contributed by atoms with E-state index in [9.17, 15) is 4.39 Å². The van der Waals surface area contributed by atoms with Crippen LogP contribution in [0, 0.1) is 5.82 Å². The van der Waals surface area contributed by atoms with E-state index in [1.807, 2.05) is 12.1 Å². The molecule has 23 heavy (non-hydrogen) atoms. The second-order valence-electron chi connectivity index (χ2n) is 6.58. The highest BCUT2D eigenvalue weighted by atomic mass is 19.1. The van der Waals surface area contributed by atoms with E-state index in [0.29, 0.717) is 5.92 Å². The van der Waals surface area contributed by atoms with E-state index in [1.165, 1.54) is 16.7 Å². The van der Waals surface area contributed by atoms with Crippen LogP contribution in [0.5, 0.6) is 0 Å². The van der Waals surface area contributed by atoms with Gasteiger partial charge in [-0.15, -0.1) is 6.58 Å². The first-order valence-electron chi connectivity index (χ1n) is 8.71. The first-order valence-corrected chi connectivity index (χ1v) is 8.71. The van der Waals surface area contributed by atoms with Crippen LogP contribution in [0.25, 0.3) is 0 Å². The van der Waals surface area contributed by atoms with Crippen molar-refractivity contribution in [2.75, 3.05) is 0 Å². The van der Waals surface area contributed by atoms with Gasteiger partial charge < -0.3 is 0 Å². The first-order chi connectivity index (χ1) is 11.2. The van der Waals surface area contributed by atoms with Crippen molar-refractivity contribution in [3.8, 4) is 0 Å². The zero-order chi connectivity index (χ0) is 16.2. The van der Waals surface area contributed by atoms with Crippen LogP contribution >= 0.6 is 0 Å². The molecule has 0 aromatic heterocycles. The van der Waals surface area contributed by atoms with Crippen molar-refractivity contribution in [3.63, 3.8) is 0 Å². The Bertz CT molecular complexity index is 699. The van der Waals surface area contributed by atoms with Crippen LogP contribution in [0.15, 0.2) is 49.1 Å². The Hall–Kier alpha value is -1.89. The normalized spacial score (nSPS) is 16.9. The highest BCUT2D eigenvalue weighted by molar-refractivity contribution is 5.38. The zero-order valence-corrected chi connectivity index (χ0v) is 13.9. The summed E-state index contributed by atoms with van der Waals surface area (Å²) in [6.45, 7) is 5.92. The third-order valence-electron chi connectivity index (χ3n) is 5.05. The maximum atomic E-state index is 14.5. The summed E-state index contributed by atoms with van der Waals surface area (Å²) in [4.78, 5) is 0. The fourth-order valence-electron chi connectivity index (χ4n) is 3.62. The number of fused-ring (bicyclic) bond motifs is 1. The number of hydrogen-bond acceptors (Lipinski definition) is 0. The SMILES string of the molecule is C=CCCc1ccc(C2CCc3cc(CC)ccc3C2)c(F)c1. The maximum absolute atomic E-state index is 14.5. The quantitative estimate of drug-likeness (QED) is 0.614. The Labute approximate surface area is 139 Å².